The fraction of sp³-hybridized carbons (Fsp3) is 0.400. The zero-order valence-electron chi connectivity index (χ0n) is 14.9. The van der Waals surface area contributed by atoms with Crippen molar-refractivity contribution in [1.82, 2.24) is 4.98 Å². The highest BCUT2D eigenvalue weighted by atomic mass is 16.5. The van der Waals surface area contributed by atoms with E-state index in [1.165, 1.54) is 5.56 Å². The lowest BCUT2D eigenvalue weighted by atomic mass is 9.87. The summed E-state index contributed by atoms with van der Waals surface area (Å²) in [5, 5.41) is 0. The Bertz CT molecular complexity index is 820. The Balaban J connectivity index is 1.62. The second kappa shape index (κ2) is 5.76. The van der Waals surface area contributed by atoms with Crippen LogP contribution in [-0.2, 0) is 10.2 Å². The highest BCUT2D eigenvalue weighted by Crippen LogP contribution is 2.61. The summed E-state index contributed by atoms with van der Waals surface area (Å²) in [6.07, 6.45) is 3.56. The molecule has 4 rings (SSSR count). The Morgan fingerprint density at radius 2 is 2.00 bits per heavy atom. The molecule has 1 amide bonds. The van der Waals surface area contributed by atoms with E-state index in [0.717, 1.165) is 30.1 Å². The van der Waals surface area contributed by atoms with Crippen LogP contribution in [-0.4, -0.2) is 38.6 Å². The molecule has 0 saturated heterocycles. The largest absolute Gasteiger partial charge is 0.493 e. The van der Waals surface area contributed by atoms with Crippen LogP contribution in [0, 0.1) is 5.92 Å². The molecule has 1 aliphatic heterocycles. The van der Waals surface area contributed by atoms with Crippen molar-refractivity contribution in [3.05, 3.63) is 48.2 Å². The van der Waals surface area contributed by atoms with E-state index >= 15 is 0 Å². The van der Waals surface area contributed by atoms with Crippen LogP contribution in [0.1, 0.15) is 18.4 Å². The minimum atomic E-state index is -0.0549. The molecule has 1 aliphatic carbocycles. The summed E-state index contributed by atoms with van der Waals surface area (Å²) < 4.78 is 5.78. The van der Waals surface area contributed by atoms with Gasteiger partial charge in [0.15, 0.2) is 5.82 Å². The SMILES string of the molecule is CN(C)c1ncccc1N(C)C(=O)[C@@H]1C[C@@]12CCOc1ccccc12. The van der Waals surface area contributed by atoms with Gasteiger partial charge >= 0.3 is 0 Å². The molecule has 0 unspecified atom stereocenters. The molecular formula is C20H23N3O2. The maximum atomic E-state index is 13.2. The van der Waals surface area contributed by atoms with Gasteiger partial charge in [0.25, 0.3) is 0 Å². The number of para-hydroxylation sites is 1. The Hall–Kier alpha value is -2.56. The van der Waals surface area contributed by atoms with Crippen LogP contribution in [0.15, 0.2) is 42.6 Å². The van der Waals surface area contributed by atoms with Gasteiger partial charge in [-0.2, -0.15) is 0 Å². The number of nitrogens with zero attached hydrogens (tertiary/aromatic N) is 3. The summed E-state index contributed by atoms with van der Waals surface area (Å²) in [4.78, 5) is 21.3. The fourth-order valence-corrected chi connectivity index (χ4v) is 4.03. The first-order chi connectivity index (χ1) is 12.0. The van der Waals surface area contributed by atoms with Crippen molar-refractivity contribution in [2.45, 2.75) is 18.3 Å². The molecule has 0 radical (unpaired) electrons. The first-order valence-electron chi connectivity index (χ1n) is 8.67. The molecule has 2 aliphatic rings. The van der Waals surface area contributed by atoms with Crippen LogP contribution in [0.2, 0.25) is 0 Å². The zero-order chi connectivity index (χ0) is 17.6. The Morgan fingerprint density at radius 3 is 2.80 bits per heavy atom. The molecule has 1 spiro atoms. The van der Waals surface area contributed by atoms with Crippen molar-refractivity contribution < 1.29 is 9.53 Å². The number of anilines is 2. The molecule has 1 fully saturated rings. The minimum Gasteiger partial charge on any atom is -0.493 e. The lowest BCUT2D eigenvalue weighted by Crippen LogP contribution is -2.33. The summed E-state index contributed by atoms with van der Waals surface area (Å²) >= 11 is 0. The second-order valence-electron chi connectivity index (χ2n) is 7.15. The van der Waals surface area contributed by atoms with Gasteiger partial charge in [-0.3, -0.25) is 4.79 Å². The Kier molecular flexibility index (Phi) is 3.67. The predicted molar refractivity (Wildman–Crippen MR) is 98.3 cm³/mol. The molecule has 5 heteroatoms. The number of carbonyl (C=O) groups is 1. The van der Waals surface area contributed by atoms with Crippen molar-refractivity contribution >= 4 is 17.4 Å². The number of rotatable bonds is 3. The number of pyridine rings is 1. The highest BCUT2D eigenvalue weighted by Gasteiger charge is 2.61. The number of benzene rings is 1. The van der Waals surface area contributed by atoms with E-state index in [1.807, 2.05) is 56.4 Å². The van der Waals surface area contributed by atoms with E-state index in [-0.39, 0.29) is 17.2 Å². The maximum absolute atomic E-state index is 13.2. The molecule has 130 valence electrons. The number of carbonyl (C=O) groups excluding carboxylic acids is 1. The van der Waals surface area contributed by atoms with E-state index in [1.54, 1.807) is 11.1 Å². The van der Waals surface area contributed by atoms with E-state index in [0.29, 0.717) is 6.61 Å². The molecule has 1 aromatic heterocycles. The van der Waals surface area contributed by atoms with Crippen LogP contribution in [0.3, 0.4) is 0 Å². The third kappa shape index (κ3) is 2.46. The van der Waals surface area contributed by atoms with Crippen LogP contribution >= 0.6 is 0 Å². The lowest BCUT2D eigenvalue weighted by molar-refractivity contribution is -0.120. The minimum absolute atomic E-state index is 0.0118. The summed E-state index contributed by atoms with van der Waals surface area (Å²) in [5.41, 5.74) is 1.98. The molecule has 1 aromatic carbocycles. The molecule has 0 N–H and O–H groups in total. The normalized spacial score (nSPS) is 23.6. The van der Waals surface area contributed by atoms with Gasteiger partial charge in [0.05, 0.1) is 12.3 Å². The summed E-state index contributed by atoms with van der Waals surface area (Å²) in [6.45, 7) is 0.681. The van der Waals surface area contributed by atoms with Crippen molar-refractivity contribution in [2.75, 3.05) is 37.5 Å². The van der Waals surface area contributed by atoms with Gasteiger partial charge in [-0.15, -0.1) is 0 Å². The van der Waals surface area contributed by atoms with Crippen LogP contribution in [0.4, 0.5) is 11.5 Å². The van der Waals surface area contributed by atoms with Crippen molar-refractivity contribution in [3.8, 4) is 5.75 Å². The number of hydrogen-bond donors (Lipinski definition) is 0. The number of fused-ring (bicyclic) bond motifs is 2. The van der Waals surface area contributed by atoms with E-state index in [4.69, 9.17) is 4.74 Å². The molecule has 2 aromatic rings. The van der Waals surface area contributed by atoms with E-state index in [9.17, 15) is 4.79 Å². The van der Waals surface area contributed by atoms with Crippen LogP contribution < -0.4 is 14.5 Å². The second-order valence-corrected chi connectivity index (χ2v) is 7.15. The summed E-state index contributed by atoms with van der Waals surface area (Å²) in [5.74, 6) is 1.91. The summed E-state index contributed by atoms with van der Waals surface area (Å²) in [6, 6.07) is 12.0. The number of amides is 1. The van der Waals surface area contributed by atoms with Gasteiger partial charge in [-0.05, 0) is 31.0 Å². The van der Waals surface area contributed by atoms with Crippen molar-refractivity contribution in [3.63, 3.8) is 0 Å². The topological polar surface area (TPSA) is 45.7 Å². The van der Waals surface area contributed by atoms with E-state index in [2.05, 4.69) is 11.1 Å². The molecule has 25 heavy (non-hydrogen) atoms. The lowest BCUT2D eigenvalue weighted by Gasteiger charge is -2.28. The first kappa shape index (κ1) is 15.9. The van der Waals surface area contributed by atoms with E-state index < -0.39 is 0 Å². The zero-order valence-corrected chi connectivity index (χ0v) is 14.9. The van der Waals surface area contributed by atoms with Gasteiger partial charge in [0, 0.05) is 44.2 Å². The van der Waals surface area contributed by atoms with Gasteiger partial charge in [-0.25, -0.2) is 4.98 Å². The Labute approximate surface area is 148 Å². The average Bonchev–Trinajstić information content (AvgIpc) is 3.35. The number of hydrogen-bond acceptors (Lipinski definition) is 4. The van der Waals surface area contributed by atoms with Crippen molar-refractivity contribution in [1.29, 1.82) is 0 Å². The van der Waals surface area contributed by atoms with Gasteiger partial charge in [0.2, 0.25) is 5.91 Å². The monoisotopic (exact) mass is 337 g/mol. The maximum Gasteiger partial charge on any atom is 0.230 e. The first-order valence-corrected chi connectivity index (χ1v) is 8.67. The standard InChI is InChI=1S/C20H23N3O2/c1-22(2)18-16(8-6-11-21-18)23(3)19(24)15-13-20(15)10-12-25-17-9-5-4-7-14(17)20/h4-9,11,15H,10,12-13H2,1-3H3/t15-,20+/m0/s1. The highest BCUT2D eigenvalue weighted by molar-refractivity contribution is 6.00. The molecule has 2 heterocycles. The average molecular weight is 337 g/mol. The third-order valence-corrected chi connectivity index (χ3v) is 5.48. The molecule has 2 atom stereocenters. The Morgan fingerprint density at radius 1 is 1.20 bits per heavy atom. The van der Waals surface area contributed by atoms with Gasteiger partial charge < -0.3 is 14.5 Å². The number of ether oxygens (including phenoxy) is 1. The third-order valence-electron chi connectivity index (χ3n) is 5.48. The van der Waals surface area contributed by atoms with Gasteiger partial charge in [-0.1, -0.05) is 18.2 Å². The summed E-state index contributed by atoms with van der Waals surface area (Å²) in [7, 11) is 5.73. The molecule has 1 saturated carbocycles. The van der Waals surface area contributed by atoms with Crippen LogP contribution in [0.5, 0.6) is 5.75 Å². The number of aromatic nitrogens is 1. The molecule has 5 nitrogen and oxygen atoms in total. The smallest absolute Gasteiger partial charge is 0.230 e. The van der Waals surface area contributed by atoms with Crippen LogP contribution in [0.25, 0.3) is 0 Å². The van der Waals surface area contributed by atoms with Crippen molar-refractivity contribution in [2.24, 2.45) is 5.92 Å². The van der Waals surface area contributed by atoms with Gasteiger partial charge in [0.1, 0.15) is 5.75 Å². The quantitative estimate of drug-likeness (QED) is 0.864. The molecular weight excluding hydrogens is 314 g/mol. The fourth-order valence-electron chi connectivity index (χ4n) is 4.03. The predicted octanol–water partition coefficient (Wildman–Crippen LogP) is 2.85. The molecule has 0 bridgehead atoms.